The van der Waals surface area contributed by atoms with E-state index < -0.39 is 0 Å². The van der Waals surface area contributed by atoms with Crippen LogP contribution in [0.3, 0.4) is 0 Å². The molecule has 2 nitrogen and oxygen atoms in total. The molecule has 17 heavy (non-hydrogen) atoms. The lowest BCUT2D eigenvalue weighted by molar-refractivity contribution is 1.20. The maximum absolute atomic E-state index is 7.47. The van der Waals surface area contributed by atoms with E-state index in [0.717, 1.165) is 6.42 Å². The first-order valence-corrected chi connectivity index (χ1v) is 5.68. The van der Waals surface area contributed by atoms with E-state index in [9.17, 15) is 0 Å². The SMILES string of the molecule is [NH]c1ccc(Cc2c[nH]c3ccccc23)cc1. The van der Waals surface area contributed by atoms with E-state index in [1.54, 1.807) is 0 Å². The first-order valence-electron chi connectivity index (χ1n) is 5.68. The number of H-pyrrole nitrogens is 1. The highest BCUT2D eigenvalue weighted by atomic mass is 14.7. The van der Waals surface area contributed by atoms with Gasteiger partial charge < -0.3 is 10.7 Å². The largest absolute Gasteiger partial charge is 0.361 e. The van der Waals surface area contributed by atoms with E-state index in [1.165, 1.54) is 22.0 Å². The smallest absolute Gasteiger partial charge is 0.0540 e. The van der Waals surface area contributed by atoms with Crippen molar-refractivity contribution in [3.63, 3.8) is 0 Å². The fourth-order valence-corrected chi connectivity index (χ4v) is 2.12. The number of rotatable bonds is 2. The van der Waals surface area contributed by atoms with Crippen molar-refractivity contribution >= 4 is 16.6 Å². The molecule has 1 heterocycles. The fraction of sp³-hybridized carbons (Fsp3) is 0.0667. The second-order valence-electron chi connectivity index (χ2n) is 4.23. The van der Waals surface area contributed by atoms with Crippen LogP contribution in [0.4, 0.5) is 5.69 Å². The molecular formula is C15H13N2. The van der Waals surface area contributed by atoms with Gasteiger partial charge in [0.2, 0.25) is 0 Å². The van der Waals surface area contributed by atoms with Crippen LogP contribution in [-0.4, -0.2) is 4.98 Å². The Bertz CT molecular complexity index is 635. The van der Waals surface area contributed by atoms with Crippen LogP contribution in [0, 0.1) is 0 Å². The number of hydrogen-bond acceptors (Lipinski definition) is 0. The third kappa shape index (κ3) is 1.89. The first-order chi connectivity index (χ1) is 8.33. The van der Waals surface area contributed by atoms with Gasteiger partial charge >= 0.3 is 0 Å². The predicted octanol–water partition coefficient (Wildman–Crippen LogP) is 3.67. The lowest BCUT2D eigenvalue weighted by Gasteiger charge is -2.00. The van der Waals surface area contributed by atoms with Crippen LogP contribution in [0.2, 0.25) is 0 Å². The molecule has 0 aliphatic rings. The van der Waals surface area contributed by atoms with Gasteiger partial charge in [-0.3, -0.25) is 0 Å². The minimum atomic E-state index is 0.563. The van der Waals surface area contributed by atoms with Crippen molar-refractivity contribution < 1.29 is 0 Å². The molecule has 0 saturated heterocycles. The topological polar surface area (TPSA) is 39.6 Å². The minimum Gasteiger partial charge on any atom is -0.361 e. The predicted molar refractivity (Wildman–Crippen MR) is 70.3 cm³/mol. The van der Waals surface area contributed by atoms with Gasteiger partial charge in [0.05, 0.1) is 5.69 Å². The molecule has 3 rings (SSSR count). The number of fused-ring (bicyclic) bond motifs is 1. The molecule has 0 bridgehead atoms. The second-order valence-corrected chi connectivity index (χ2v) is 4.23. The zero-order valence-corrected chi connectivity index (χ0v) is 9.40. The van der Waals surface area contributed by atoms with Crippen LogP contribution in [-0.2, 0) is 6.42 Å². The van der Waals surface area contributed by atoms with Crippen molar-refractivity contribution in [2.75, 3.05) is 0 Å². The summed E-state index contributed by atoms with van der Waals surface area (Å²) in [5.41, 5.74) is 11.8. The molecule has 0 atom stereocenters. The van der Waals surface area contributed by atoms with Gasteiger partial charge in [-0.25, -0.2) is 0 Å². The summed E-state index contributed by atoms with van der Waals surface area (Å²) in [6.07, 6.45) is 2.98. The van der Waals surface area contributed by atoms with E-state index in [1.807, 2.05) is 30.3 Å². The Hall–Kier alpha value is -2.22. The lowest BCUT2D eigenvalue weighted by atomic mass is 10.0. The average molecular weight is 221 g/mol. The van der Waals surface area contributed by atoms with Crippen LogP contribution >= 0.6 is 0 Å². The van der Waals surface area contributed by atoms with E-state index >= 15 is 0 Å². The van der Waals surface area contributed by atoms with Gasteiger partial charge in [0, 0.05) is 17.1 Å². The Morgan fingerprint density at radius 3 is 2.53 bits per heavy atom. The average Bonchev–Trinajstić information content (AvgIpc) is 2.76. The molecule has 83 valence electrons. The van der Waals surface area contributed by atoms with Crippen molar-refractivity contribution in [3.8, 4) is 0 Å². The van der Waals surface area contributed by atoms with Crippen molar-refractivity contribution in [3.05, 3.63) is 65.9 Å². The maximum Gasteiger partial charge on any atom is 0.0540 e. The number of nitrogens with one attached hydrogen (secondary N) is 2. The molecule has 0 unspecified atom stereocenters. The Morgan fingerprint density at radius 2 is 1.71 bits per heavy atom. The highest BCUT2D eigenvalue weighted by Gasteiger charge is 2.03. The summed E-state index contributed by atoms with van der Waals surface area (Å²) in [7, 11) is 0. The molecular weight excluding hydrogens is 208 g/mol. The van der Waals surface area contributed by atoms with Crippen LogP contribution < -0.4 is 5.73 Å². The van der Waals surface area contributed by atoms with Crippen molar-refractivity contribution in [2.45, 2.75) is 6.42 Å². The Labute approximate surface area is 100 Å². The number of aromatic amines is 1. The van der Waals surface area contributed by atoms with Crippen LogP contribution in [0.15, 0.2) is 54.7 Å². The Morgan fingerprint density at radius 1 is 0.941 bits per heavy atom. The summed E-state index contributed by atoms with van der Waals surface area (Å²) in [4.78, 5) is 3.28. The molecule has 1 radical (unpaired) electrons. The van der Waals surface area contributed by atoms with Crippen LogP contribution in [0.1, 0.15) is 11.1 Å². The maximum atomic E-state index is 7.47. The lowest BCUT2D eigenvalue weighted by Crippen LogP contribution is -1.86. The zero-order chi connectivity index (χ0) is 11.7. The third-order valence-electron chi connectivity index (χ3n) is 3.02. The van der Waals surface area contributed by atoms with Crippen LogP contribution in [0.25, 0.3) is 10.9 Å². The van der Waals surface area contributed by atoms with E-state index in [0.29, 0.717) is 5.69 Å². The summed E-state index contributed by atoms with van der Waals surface area (Å²) in [5.74, 6) is 0. The molecule has 0 amide bonds. The van der Waals surface area contributed by atoms with Gasteiger partial charge in [0.15, 0.2) is 0 Å². The highest BCUT2D eigenvalue weighted by molar-refractivity contribution is 5.83. The molecule has 0 aliphatic heterocycles. The number of hydrogen-bond donors (Lipinski definition) is 1. The van der Waals surface area contributed by atoms with Crippen molar-refractivity contribution in [1.82, 2.24) is 10.7 Å². The number of para-hydroxylation sites is 1. The first kappa shape index (κ1) is 9.97. The van der Waals surface area contributed by atoms with Crippen molar-refractivity contribution in [2.24, 2.45) is 0 Å². The molecule has 1 aromatic heterocycles. The summed E-state index contributed by atoms with van der Waals surface area (Å²) in [6, 6.07) is 16.0. The Kier molecular flexibility index (Phi) is 2.33. The summed E-state index contributed by atoms with van der Waals surface area (Å²) in [6.45, 7) is 0. The van der Waals surface area contributed by atoms with Gasteiger partial charge in [0.25, 0.3) is 0 Å². The molecule has 0 saturated carbocycles. The van der Waals surface area contributed by atoms with E-state index in [4.69, 9.17) is 5.73 Å². The molecule has 2 N–H and O–H groups in total. The molecule has 2 aromatic carbocycles. The van der Waals surface area contributed by atoms with Gasteiger partial charge in [0.1, 0.15) is 0 Å². The zero-order valence-electron chi connectivity index (χ0n) is 9.40. The monoisotopic (exact) mass is 221 g/mol. The molecule has 0 aliphatic carbocycles. The highest BCUT2D eigenvalue weighted by Crippen LogP contribution is 2.21. The van der Waals surface area contributed by atoms with Crippen molar-refractivity contribution in [1.29, 1.82) is 0 Å². The fourth-order valence-electron chi connectivity index (χ4n) is 2.12. The number of benzene rings is 2. The minimum absolute atomic E-state index is 0.563. The van der Waals surface area contributed by atoms with Crippen LogP contribution in [0.5, 0.6) is 0 Å². The van der Waals surface area contributed by atoms with E-state index in [2.05, 4.69) is 29.4 Å². The van der Waals surface area contributed by atoms with Gasteiger partial charge in [-0.05, 0) is 35.7 Å². The van der Waals surface area contributed by atoms with E-state index in [-0.39, 0.29) is 0 Å². The normalized spacial score (nSPS) is 10.8. The molecule has 0 spiro atoms. The second kappa shape index (κ2) is 3.98. The third-order valence-corrected chi connectivity index (χ3v) is 3.02. The number of aromatic nitrogens is 1. The summed E-state index contributed by atoms with van der Waals surface area (Å²) in [5, 5.41) is 1.28. The molecule has 3 aromatic rings. The quantitative estimate of drug-likeness (QED) is 0.685. The standard InChI is InChI=1S/C15H13N2/c16-13-7-5-11(6-8-13)9-12-10-17-15-4-2-1-3-14(12)15/h1-8,10,16-17H,9H2. The molecule has 2 heteroatoms. The van der Waals surface area contributed by atoms with Gasteiger partial charge in [-0.2, -0.15) is 0 Å². The summed E-state index contributed by atoms with van der Waals surface area (Å²) >= 11 is 0. The Balaban J connectivity index is 1.97. The van der Waals surface area contributed by atoms with Gasteiger partial charge in [-0.15, -0.1) is 0 Å². The van der Waals surface area contributed by atoms with Gasteiger partial charge in [-0.1, -0.05) is 30.3 Å². The summed E-state index contributed by atoms with van der Waals surface area (Å²) < 4.78 is 0. The molecule has 0 fully saturated rings.